The Morgan fingerprint density at radius 2 is 1.83 bits per heavy atom. The van der Waals surface area contributed by atoms with Crippen molar-refractivity contribution in [2.75, 3.05) is 12.8 Å². The Balaban J connectivity index is 3.25. The summed E-state index contributed by atoms with van der Waals surface area (Å²) in [6.07, 6.45) is 0. The van der Waals surface area contributed by atoms with E-state index >= 15 is 0 Å². The van der Waals surface area contributed by atoms with Crippen LogP contribution in [0, 0.1) is 11.7 Å². The Bertz CT molecular complexity index is 529. The lowest BCUT2D eigenvalue weighted by atomic mass is 10.1. The van der Waals surface area contributed by atoms with Crippen LogP contribution >= 0.6 is 0 Å². The van der Waals surface area contributed by atoms with Gasteiger partial charge in [0.2, 0.25) is 10.0 Å². The fourth-order valence-corrected chi connectivity index (χ4v) is 3.14. The molecule has 0 saturated heterocycles. The number of nitrogens with two attached hydrogens (primary N) is 1. The number of anilines is 1. The molecule has 0 aliphatic carbocycles. The Labute approximate surface area is 108 Å². The van der Waals surface area contributed by atoms with Crippen molar-refractivity contribution in [3.8, 4) is 0 Å². The Morgan fingerprint density at radius 1 is 1.28 bits per heavy atom. The quantitative estimate of drug-likeness (QED) is 0.855. The molecule has 6 heteroatoms. The fourth-order valence-electron chi connectivity index (χ4n) is 1.53. The minimum Gasteiger partial charge on any atom is -0.398 e. The van der Waals surface area contributed by atoms with Gasteiger partial charge in [0.25, 0.3) is 0 Å². The smallest absolute Gasteiger partial charge is 0.245 e. The molecule has 0 heterocycles. The number of rotatable bonds is 4. The van der Waals surface area contributed by atoms with Gasteiger partial charge >= 0.3 is 0 Å². The molecule has 0 aromatic heterocycles. The number of halogens is 1. The van der Waals surface area contributed by atoms with E-state index in [4.69, 9.17) is 5.73 Å². The number of sulfonamides is 1. The van der Waals surface area contributed by atoms with Crippen LogP contribution in [0.4, 0.5) is 10.1 Å². The molecular formula is C12H19FN2O2S. The van der Waals surface area contributed by atoms with E-state index in [1.54, 1.807) is 6.92 Å². The molecule has 1 rings (SSSR count). The van der Waals surface area contributed by atoms with Crippen LogP contribution in [0.2, 0.25) is 0 Å². The highest BCUT2D eigenvalue weighted by Gasteiger charge is 2.28. The summed E-state index contributed by atoms with van der Waals surface area (Å²) in [6, 6.07) is 3.16. The average Bonchev–Trinajstić information content (AvgIpc) is 2.29. The molecule has 102 valence electrons. The summed E-state index contributed by atoms with van der Waals surface area (Å²) in [7, 11) is -2.29. The molecule has 0 aliphatic heterocycles. The number of nitrogens with zero attached hydrogens (tertiary/aromatic N) is 1. The molecule has 0 radical (unpaired) electrons. The van der Waals surface area contributed by atoms with Crippen molar-refractivity contribution in [1.82, 2.24) is 4.31 Å². The number of nitrogen functional groups attached to an aromatic ring is 1. The predicted molar refractivity (Wildman–Crippen MR) is 70.1 cm³/mol. The minimum atomic E-state index is -3.77. The van der Waals surface area contributed by atoms with Gasteiger partial charge < -0.3 is 5.73 Å². The van der Waals surface area contributed by atoms with Crippen molar-refractivity contribution in [2.24, 2.45) is 5.92 Å². The van der Waals surface area contributed by atoms with E-state index in [9.17, 15) is 12.8 Å². The minimum absolute atomic E-state index is 0.0548. The first-order valence-electron chi connectivity index (χ1n) is 5.71. The lowest BCUT2D eigenvalue weighted by Gasteiger charge is -2.27. The van der Waals surface area contributed by atoms with Gasteiger partial charge in [-0.25, -0.2) is 12.8 Å². The molecule has 0 amide bonds. The Kier molecular flexibility index (Phi) is 4.34. The molecule has 2 N–H and O–H groups in total. The molecule has 4 nitrogen and oxygen atoms in total. The van der Waals surface area contributed by atoms with Gasteiger partial charge in [0.05, 0.1) is 5.69 Å². The molecule has 0 bridgehead atoms. The second-order valence-corrected chi connectivity index (χ2v) is 6.65. The van der Waals surface area contributed by atoms with Crippen molar-refractivity contribution >= 4 is 15.7 Å². The summed E-state index contributed by atoms with van der Waals surface area (Å²) in [5.41, 5.74) is 5.67. The molecule has 0 saturated carbocycles. The van der Waals surface area contributed by atoms with Crippen LogP contribution in [0.15, 0.2) is 23.1 Å². The van der Waals surface area contributed by atoms with Gasteiger partial charge in [-0.1, -0.05) is 13.8 Å². The van der Waals surface area contributed by atoms with Crippen LogP contribution in [-0.2, 0) is 10.0 Å². The van der Waals surface area contributed by atoms with E-state index in [0.29, 0.717) is 0 Å². The van der Waals surface area contributed by atoms with Gasteiger partial charge in [0.1, 0.15) is 10.7 Å². The summed E-state index contributed by atoms with van der Waals surface area (Å²) in [4.78, 5) is -0.183. The summed E-state index contributed by atoms with van der Waals surface area (Å²) >= 11 is 0. The highest BCUT2D eigenvalue weighted by molar-refractivity contribution is 7.89. The maximum atomic E-state index is 13.2. The van der Waals surface area contributed by atoms with Gasteiger partial charge in [0.15, 0.2) is 0 Å². The van der Waals surface area contributed by atoms with Crippen LogP contribution in [0.3, 0.4) is 0 Å². The fraction of sp³-hybridized carbons (Fsp3) is 0.500. The van der Waals surface area contributed by atoms with E-state index in [-0.39, 0.29) is 22.5 Å². The van der Waals surface area contributed by atoms with Gasteiger partial charge in [-0.3, -0.25) is 0 Å². The summed E-state index contributed by atoms with van der Waals surface area (Å²) in [5, 5.41) is 0. The zero-order valence-electron chi connectivity index (χ0n) is 11.0. The maximum Gasteiger partial charge on any atom is 0.245 e. The van der Waals surface area contributed by atoms with Gasteiger partial charge in [0, 0.05) is 13.1 Å². The average molecular weight is 274 g/mol. The van der Waals surface area contributed by atoms with Crippen molar-refractivity contribution in [2.45, 2.75) is 31.7 Å². The monoisotopic (exact) mass is 274 g/mol. The lowest BCUT2D eigenvalue weighted by Crippen LogP contribution is -2.38. The molecule has 0 aliphatic rings. The molecule has 0 fully saturated rings. The molecular weight excluding hydrogens is 255 g/mol. The van der Waals surface area contributed by atoms with E-state index in [1.165, 1.54) is 17.4 Å². The highest BCUT2D eigenvalue weighted by atomic mass is 32.2. The molecule has 1 aromatic rings. The molecule has 1 atom stereocenters. The largest absolute Gasteiger partial charge is 0.398 e. The lowest BCUT2D eigenvalue weighted by molar-refractivity contribution is 0.316. The normalized spacial score (nSPS) is 14.2. The topological polar surface area (TPSA) is 63.4 Å². The third-order valence-electron chi connectivity index (χ3n) is 3.17. The zero-order chi connectivity index (χ0) is 14.1. The second-order valence-electron chi connectivity index (χ2n) is 4.69. The van der Waals surface area contributed by atoms with Crippen molar-refractivity contribution < 1.29 is 12.8 Å². The zero-order valence-corrected chi connectivity index (χ0v) is 11.8. The Morgan fingerprint density at radius 3 is 2.33 bits per heavy atom. The maximum absolute atomic E-state index is 13.2. The summed E-state index contributed by atoms with van der Waals surface area (Å²) < 4.78 is 39.0. The highest BCUT2D eigenvalue weighted by Crippen LogP contribution is 2.25. The molecule has 0 spiro atoms. The number of benzene rings is 1. The van der Waals surface area contributed by atoms with E-state index in [1.807, 2.05) is 13.8 Å². The van der Waals surface area contributed by atoms with Crippen LogP contribution in [0.1, 0.15) is 20.8 Å². The summed E-state index contributed by atoms with van der Waals surface area (Å²) in [6.45, 7) is 5.65. The standard InChI is InChI=1S/C12H19FN2O2S/c1-8(2)9(3)15(4)18(16,17)12-7-10(13)5-6-11(12)14/h5-9H,14H2,1-4H3. The van der Waals surface area contributed by atoms with E-state index in [2.05, 4.69) is 0 Å². The van der Waals surface area contributed by atoms with Crippen LogP contribution in [0.25, 0.3) is 0 Å². The van der Waals surface area contributed by atoms with Crippen LogP contribution < -0.4 is 5.73 Å². The second kappa shape index (κ2) is 5.24. The molecule has 1 unspecified atom stereocenters. The molecule has 18 heavy (non-hydrogen) atoms. The van der Waals surface area contributed by atoms with E-state index in [0.717, 1.165) is 12.1 Å². The predicted octanol–water partition coefficient (Wildman–Crippen LogP) is 2.07. The SMILES string of the molecule is CC(C)C(C)N(C)S(=O)(=O)c1cc(F)ccc1N. The van der Waals surface area contributed by atoms with Crippen molar-refractivity contribution in [3.63, 3.8) is 0 Å². The first kappa shape index (κ1) is 14.9. The Hall–Kier alpha value is -1.14. The van der Waals surface area contributed by atoms with Gasteiger partial charge in [-0.15, -0.1) is 0 Å². The van der Waals surface area contributed by atoms with Gasteiger partial charge in [-0.2, -0.15) is 4.31 Å². The number of hydrogen-bond donors (Lipinski definition) is 1. The third-order valence-corrected chi connectivity index (χ3v) is 5.17. The van der Waals surface area contributed by atoms with Crippen molar-refractivity contribution in [1.29, 1.82) is 0 Å². The first-order chi connectivity index (χ1) is 8.17. The number of hydrogen-bond acceptors (Lipinski definition) is 3. The van der Waals surface area contributed by atoms with E-state index < -0.39 is 15.8 Å². The summed E-state index contributed by atoms with van der Waals surface area (Å²) in [5.74, 6) is -0.465. The molecule has 1 aromatic carbocycles. The van der Waals surface area contributed by atoms with Crippen molar-refractivity contribution in [3.05, 3.63) is 24.0 Å². The van der Waals surface area contributed by atoms with Crippen LogP contribution in [0.5, 0.6) is 0 Å². The van der Waals surface area contributed by atoms with Gasteiger partial charge in [-0.05, 0) is 31.0 Å². The third kappa shape index (κ3) is 2.81. The van der Waals surface area contributed by atoms with Crippen LogP contribution in [-0.4, -0.2) is 25.8 Å². The first-order valence-corrected chi connectivity index (χ1v) is 7.15.